The molecular weight excluding hydrogens is 432 g/mol. The molecule has 0 unspecified atom stereocenters. The lowest BCUT2D eigenvalue weighted by molar-refractivity contribution is -0.123. The van der Waals surface area contributed by atoms with E-state index < -0.39 is 5.97 Å². The van der Waals surface area contributed by atoms with E-state index in [0.29, 0.717) is 17.2 Å². The molecule has 0 N–H and O–H groups in total. The van der Waals surface area contributed by atoms with Crippen LogP contribution in [0.5, 0.6) is 0 Å². The summed E-state index contributed by atoms with van der Waals surface area (Å²) in [5.41, 5.74) is 0.805. The number of esters is 1. The van der Waals surface area contributed by atoms with Gasteiger partial charge in [-0.25, -0.2) is 9.78 Å². The number of ether oxygens (including phenoxy) is 1. The van der Waals surface area contributed by atoms with Gasteiger partial charge in [0.15, 0.2) is 5.49 Å². The van der Waals surface area contributed by atoms with Crippen molar-refractivity contribution in [2.75, 3.05) is 6.61 Å². The fourth-order valence-corrected chi connectivity index (χ4v) is 4.84. The molecule has 1 aliphatic carbocycles. The lowest BCUT2D eigenvalue weighted by atomic mass is 9.79. The Morgan fingerprint density at radius 3 is 2.65 bits per heavy atom. The van der Waals surface area contributed by atoms with Gasteiger partial charge < -0.3 is 9.30 Å². The van der Waals surface area contributed by atoms with Gasteiger partial charge in [0.1, 0.15) is 16.9 Å². The van der Waals surface area contributed by atoms with Crippen molar-refractivity contribution in [1.82, 2.24) is 14.0 Å². The second kappa shape index (κ2) is 10.3. The minimum Gasteiger partial charge on any atom is -0.462 e. The third-order valence-electron chi connectivity index (χ3n) is 6.79. The van der Waals surface area contributed by atoms with E-state index in [4.69, 9.17) is 4.74 Å². The Morgan fingerprint density at radius 2 is 1.94 bits per heavy atom. The van der Waals surface area contributed by atoms with Crippen LogP contribution in [0.4, 0.5) is 0 Å². The Balaban J connectivity index is 1.79. The summed E-state index contributed by atoms with van der Waals surface area (Å²) in [6, 6.07) is 6.73. The zero-order chi connectivity index (χ0) is 24.2. The van der Waals surface area contributed by atoms with Crippen molar-refractivity contribution in [3.8, 4) is 0 Å². The largest absolute Gasteiger partial charge is 0.462 e. The second-order valence-corrected chi connectivity index (χ2v) is 9.05. The van der Waals surface area contributed by atoms with Crippen molar-refractivity contribution in [2.24, 2.45) is 23.9 Å². The zero-order valence-corrected chi connectivity index (χ0v) is 20.1. The highest BCUT2D eigenvalue weighted by atomic mass is 16.5. The highest BCUT2D eigenvalue weighted by Crippen LogP contribution is 2.32. The van der Waals surface area contributed by atoms with Crippen LogP contribution in [0.1, 0.15) is 69.2 Å². The molecule has 0 saturated heterocycles. The maximum atomic E-state index is 13.2. The van der Waals surface area contributed by atoms with Crippen molar-refractivity contribution in [3.63, 3.8) is 0 Å². The Kier molecular flexibility index (Phi) is 7.24. The van der Waals surface area contributed by atoms with Crippen LogP contribution < -0.4 is 11.0 Å². The standard InChI is InChI=1S/C26H32N4O4/c1-4-6-9-17-11-13-18(14-12-17)24(31)28-23-20(26(33)34-5-2)16-19-22(29(23)3)27-21-10-7-8-15-30(21)25(19)32/h7-8,10,15-18H,4-6,9,11-14H2,1-3H3. The van der Waals surface area contributed by atoms with Crippen molar-refractivity contribution >= 4 is 28.6 Å². The Bertz CT molecular complexity index is 1350. The first-order valence-corrected chi connectivity index (χ1v) is 12.2. The molecule has 3 aromatic rings. The number of aryl methyl sites for hydroxylation is 1. The molecule has 180 valence electrons. The quantitative estimate of drug-likeness (QED) is 0.409. The van der Waals surface area contributed by atoms with Gasteiger partial charge in [-0.3, -0.25) is 14.0 Å². The Labute approximate surface area is 198 Å². The number of nitrogens with zero attached hydrogens (tertiary/aromatic N) is 4. The van der Waals surface area contributed by atoms with E-state index in [-0.39, 0.29) is 40.4 Å². The molecule has 3 heterocycles. The van der Waals surface area contributed by atoms with Crippen LogP contribution in [-0.4, -0.2) is 32.4 Å². The van der Waals surface area contributed by atoms with Gasteiger partial charge in [-0.15, -0.1) is 0 Å². The summed E-state index contributed by atoms with van der Waals surface area (Å²) in [4.78, 5) is 48.1. The number of hydrogen-bond acceptors (Lipinski definition) is 5. The first kappa shape index (κ1) is 23.9. The summed E-state index contributed by atoms with van der Waals surface area (Å²) in [7, 11) is 1.67. The smallest absolute Gasteiger partial charge is 0.341 e. The molecule has 1 amide bonds. The van der Waals surface area contributed by atoms with Gasteiger partial charge in [0.25, 0.3) is 11.5 Å². The van der Waals surface area contributed by atoms with E-state index in [9.17, 15) is 14.4 Å². The van der Waals surface area contributed by atoms with E-state index in [2.05, 4.69) is 16.9 Å². The summed E-state index contributed by atoms with van der Waals surface area (Å²) < 4.78 is 8.21. The predicted molar refractivity (Wildman–Crippen MR) is 129 cm³/mol. The molecule has 3 aromatic heterocycles. The normalized spacial score (nSPS) is 19.0. The monoisotopic (exact) mass is 464 g/mol. The van der Waals surface area contributed by atoms with E-state index >= 15 is 0 Å². The molecule has 8 heteroatoms. The minimum atomic E-state index is -0.618. The summed E-state index contributed by atoms with van der Waals surface area (Å²) in [5.74, 6) is -0.320. The molecule has 4 rings (SSSR count). The molecule has 0 aromatic carbocycles. The number of amides is 1. The number of pyridine rings is 2. The van der Waals surface area contributed by atoms with Crippen LogP contribution in [0, 0.1) is 11.8 Å². The van der Waals surface area contributed by atoms with Crippen LogP contribution >= 0.6 is 0 Å². The van der Waals surface area contributed by atoms with E-state index in [1.165, 1.54) is 29.7 Å². The molecule has 1 saturated carbocycles. The molecular formula is C26H32N4O4. The lowest BCUT2D eigenvalue weighted by Crippen LogP contribution is -2.32. The average Bonchev–Trinajstić information content (AvgIpc) is 2.85. The predicted octanol–water partition coefficient (Wildman–Crippen LogP) is 3.79. The van der Waals surface area contributed by atoms with Crippen LogP contribution in [0.25, 0.3) is 16.7 Å². The number of fused-ring (bicyclic) bond motifs is 2. The second-order valence-electron chi connectivity index (χ2n) is 9.05. The molecule has 1 fully saturated rings. The molecule has 1 aliphatic rings. The van der Waals surface area contributed by atoms with Gasteiger partial charge in [-0.2, -0.15) is 4.99 Å². The van der Waals surface area contributed by atoms with Gasteiger partial charge in [0.05, 0.1) is 12.0 Å². The SMILES string of the molecule is CCCCC1CCC(C(=O)N=c2c(C(=O)OCC)cc3c(=O)n4ccccc4nc3n2C)CC1. The van der Waals surface area contributed by atoms with Gasteiger partial charge in [-0.05, 0) is 56.7 Å². The number of rotatable bonds is 6. The fourth-order valence-electron chi connectivity index (χ4n) is 4.84. The van der Waals surface area contributed by atoms with E-state index in [0.717, 1.165) is 25.7 Å². The molecule has 0 atom stereocenters. The van der Waals surface area contributed by atoms with Crippen LogP contribution in [0.2, 0.25) is 0 Å². The maximum Gasteiger partial charge on any atom is 0.341 e. The van der Waals surface area contributed by atoms with Gasteiger partial charge in [0.2, 0.25) is 0 Å². The summed E-state index contributed by atoms with van der Waals surface area (Å²) in [6.07, 6.45) is 8.96. The number of carbonyl (C=O) groups excluding carboxylic acids is 2. The molecule has 0 spiro atoms. The fraction of sp³-hybridized carbons (Fsp3) is 0.500. The summed E-state index contributed by atoms with van der Waals surface area (Å²) in [6.45, 7) is 4.08. The molecule has 0 bridgehead atoms. The molecule has 0 radical (unpaired) electrons. The first-order chi connectivity index (χ1) is 16.4. The number of aromatic nitrogens is 3. The topological polar surface area (TPSA) is 95.0 Å². The molecule has 8 nitrogen and oxygen atoms in total. The Hall–Kier alpha value is -3.29. The number of unbranched alkanes of at least 4 members (excludes halogenated alkanes) is 1. The third kappa shape index (κ3) is 4.67. The van der Waals surface area contributed by atoms with Crippen LogP contribution in [0.15, 0.2) is 40.2 Å². The van der Waals surface area contributed by atoms with Crippen molar-refractivity contribution < 1.29 is 14.3 Å². The third-order valence-corrected chi connectivity index (χ3v) is 6.79. The lowest BCUT2D eigenvalue weighted by Gasteiger charge is -2.26. The van der Waals surface area contributed by atoms with E-state index in [1.807, 2.05) is 0 Å². The zero-order valence-electron chi connectivity index (χ0n) is 20.1. The van der Waals surface area contributed by atoms with Crippen molar-refractivity contribution in [2.45, 2.75) is 58.8 Å². The highest BCUT2D eigenvalue weighted by Gasteiger charge is 2.27. The number of carbonyl (C=O) groups is 2. The summed E-state index contributed by atoms with van der Waals surface area (Å²) >= 11 is 0. The summed E-state index contributed by atoms with van der Waals surface area (Å²) in [5, 5.41) is 0.261. The van der Waals surface area contributed by atoms with Gasteiger partial charge in [0, 0.05) is 19.2 Å². The molecule has 34 heavy (non-hydrogen) atoms. The Morgan fingerprint density at radius 1 is 1.18 bits per heavy atom. The van der Waals surface area contributed by atoms with Crippen molar-refractivity contribution in [1.29, 1.82) is 0 Å². The highest BCUT2D eigenvalue weighted by molar-refractivity contribution is 5.93. The van der Waals surface area contributed by atoms with Crippen LogP contribution in [0.3, 0.4) is 0 Å². The maximum absolute atomic E-state index is 13.2. The van der Waals surface area contributed by atoms with Crippen molar-refractivity contribution in [3.05, 3.63) is 51.9 Å². The molecule has 0 aliphatic heterocycles. The van der Waals surface area contributed by atoms with Gasteiger partial charge >= 0.3 is 5.97 Å². The average molecular weight is 465 g/mol. The van der Waals surface area contributed by atoms with Crippen LogP contribution in [-0.2, 0) is 16.6 Å². The number of hydrogen-bond donors (Lipinski definition) is 0. The first-order valence-electron chi connectivity index (χ1n) is 12.2. The van der Waals surface area contributed by atoms with E-state index in [1.54, 1.807) is 42.9 Å². The van der Waals surface area contributed by atoms with Gasteiger partial charge in [-0.1, -0.05) is 32.3 Å². The minimum absolute atomic E-state index is 0.0941.